The largest absolute Gasteiger partial charge is 1.00 e. The van der Waals surface area contributed by atoms with E-state index in [0.717, 1.165) is 22.4 Å². The van der Waals surface area contributed by atoms with E-state index in [-0.39, 0.29) is 12.4 Å². The van der Waals surface area contributed by atoms with Crippen LogP contribution in [0.25, 0.3) is 11.0 Å². The Morgan fingerprint density at radius 1 is 0.778 bits per heavy atom. The summed E-state index contributed by atoms with van der Waals surface area (Å²) >= 11 is 0. The number of rotatable bonds is 7. The van der Waals surface area contributed by atoms with Gasteiger partial charge in [0.25, 0.3) is 5.82 Å². The van der Waals surface area contributed by atoms with E-state index in [4.69, 9.17) is 23.7 Å². The number of hydrogen-bond donors (Lipinski definition) is 1. The smallest absolute Gasteiger partial charge is 0.257 e. The van der Waals surface area contributed by atoms with Gasteiger partial charge in [0.15, 0.2) is 22.8 Å². The SMILES string of the molecule is COc1ccc(Cc2[nH]c3cc(OC)c(OC)c(OC)c3[nH+]2)cc1OC.[Cl-]. The molecule has 1 heterocycles. The first-order chi connectivity index (χ1) is 12.6. The van der Waals surface area contributed by atoms with Crippen molar-refractivity contribution in [3.05, 3.63) is 35.7 Å². The number of aromatic amines is 2. The minimum absolute atomic E-state index is 0. The summed E-state index contributed by atoms with van der Waals surface area (Å²) in [5, 5.41) is 0. The maximum Gasteiger partial charge on any atom is 0.257 e. The lowest BCUT2D eigenvalue weighted by Crippen LogP contribution is -3.00. The summed E-state index contributed by atoms with van der Waals surface area (Å²) in [5.41, 5.74) is 2.76. The molecule has 0 atom stereocenters. The molecule has 0 amide bonds. The molecule has 0 bridgehead atoms. The summed E-state index contributed by atoms with van der Waals surface area (Å²) < 4.78 is 27.0. The molecule has 7 nitrogen and oxygen atoms in total. The summed E-state index contributed by atoms with van der Waals surface area (Å²) in [4.78, 5) is 6.74. The van der Waals surface area contributed by atoms with Gasteiger partial charge in [-0.1, -0.05) is 6.07 Å². The van der Waals surface area contributed by atoms with Crippen molar-refractivity contribution in [3.63, 3.8) is 0 Å². The number of fused-ring (bicyclic) bond motifs is 1. The zero-order valence-corrected chi connectivity index (χ0v) is 16.7. The van der Waals surface area contributed by atoms with E-state index in [1.54, 1.807) is 35.5 Å². The molecule has 0 spiro atoms. The highest BCUT2D eigenvalue weighted by Gasteiger charge is 2.23. The quantitative estimate of drug-likeness (QED) is 0.591. The van der Waals surface area contributed by atoms with Crippen LogP contribution in [0.2, 0.25) is 0 Å². The molecule has 8 heteroatoms. The molecule has 3 aromatic rings. The van der Waals surface area contributed by atoms with E-state index in [2.05, 4.69) is 9.97 Å². The molecule has 0 aliphatic carbocycles. The molecular weight excluding hydrogens is 372 g/mol. The van der Waals surface area contributed by atoms with Crippen molar-refractivity contribution in [2.75, 3.05) is 35.5 Å². The topological polar surface area (TPSA) is 76.1 Å². The number of aromatic nitrogens is 2. The second-order valence-corrected chi connectivity index (χ2v) is 5.66. The standard InChI is InChI=1S/C19H22N2O5.ClH/c1-22-13-7-6-11(8-14(13)23-2)9-16-20-12-10-15(24-3)18(25-4)19(26-5)17(12)21-16;/h6-8,10H,9H2,1-5H3,(H,20,21);1H. The van der Waals surface area contributed by atoms with Gasteiger partial charge in [0.2, 0.25) is 17.0 Å². The summed E-state index contributed by atoms with van der Waals surface area (Å²) in [6.07, 6.45) is 0.656. The zero-order chi connectivity index (χ0) is 18.7. The van der Waals surface area contributed by atoms with Crippen LogP contribution in [0, 0.1) is 0 Å². The summed E-state index contributed by atoms with van der Waals surface area (Å²) in [5.74, 6) is 4.06. The Labute approximate surface area is 164 Å². The maximum atomic E-state index is 5.53. The van der Waals surface area contributed by atoms with Crippen molar-refractivity contribution in [3.8, 4) is 28.7 Å². The van der Waals surface area contributed by atoms with Gasteiger partial charge in [-0.15, -0.1) is 0 Å². The van der Waals surface area contributed by atoms with Crippen LogP contribution < -0.4 is 41.1 Å². The molecular formula is C19H23ClN2O5. The Morgan fingerprint density at radius 2 is 1.44 bits per heavy atom. The molecule has 2 aromatic carbocycles. The lowest BCUT2D eigenvalue weighted by Gasteiger charge is -2.10. The number of imidazole rings is 1. The molecule has 146 valence electrons. The summed E-state index contributed by atoms with van der Waals surface area (Å²) in [6.45, 7) is 0. The molecule has 0 saturated heterocycles. The van der Waals surface area contributed by atoms with Gasteiger partial charge in [0.05, 0.1) is 42.0 Å². The van der Waals surface area contributed by atoms with E-state index in [0.29, 0.717) is 35.2 Å². The van der Waals surface area contributed by atoms with E-state index in [1.807, 2.05) is 24.3 Å². The average Bonchev–Trinajstić information content (AvgIpc) is 3.07. The summed E-state index contributed by atoms with van der Waals surface area (Å²) in [6, 6.07) is 7.73. The van der Waals surface area contributed by atoms with Crippen molar-refractivity contribution in [2.45, 2.75) is 6.42 Å². The zero-order valence-electron chi connectivity index (χ0n) is 15.9. The second-order valence-electron chi connectivity index (χ2n) is 5.66. The van der Waals surface area contributed by atoms with Crippen molar-refractivity contribution in [1.29, 1.82) is 0 Å². The van der Waals surface area contributed by atoms with E-state index < -0.39 is 0 Å². The normalized spacial score (nSPS) is 10.3. The van der Waals surface area contributed by atoms with Gasteiger partial charge in [0.1, 0.15) is 0 Å². The maximum absolute atomic E-state index is 5.53. The van der Waals surface area contributed by atoms with E-state index >= 15 is 0 Å². The van der Waals surface area contributed by atoms with Crippen molar-refractivity contribution in [2.24, 2.45) is 0 Å². The predicted molar refractivity (Wildman–Crippen MR) is 96.9 cm³/mol. The van der Waals surface area contributed by atoms with Gasteiger partial charge in [-0.25, -0.2) is 9.97 Å². The minimum Gasteiger partial charge on any atom is -1.00 e. The fraction of sp³-hybridized carbons (Fsp3) is 0.316. The second kappa shape index (κ2) is 8.73. The Balaban J connectivity index is 0.00000261. The third-order valence-electron chi connectivity index (χ3n) is 4.22. The van der Waals surface area contributed by atoms with Crippen LogP contribution in [0.4, 0.5) is 0 Å². The number of hydrogen-bond acceptors (Lipinski definition) is 5. The van der Waals surface area contributed by atoms with Crippen molar-refractivity contribution in [1.82, 2.24) is 4.98 Å². The number of H-pyrrole nitrogens is 2. The minimum atomic E-state index is 0. The number of halogens is 1. The van der Waals surface area contributed by atoms with Crippen LogP contribution in [0.1, 0.15) is 11.4 Å². The van der Waals surface area contributed by atoms with Gasteiger partial charge in [-0.3, -0.25) is 0 Å². The summed E-state index contributed by atoms with van der Waals surface area (Å²) in [7, 11) is 8.03. The molecule has 0 fully saturated rings. The molecule has 0 aliphatic heterocycles. The Kier molecular flexibility index (Phi) is 6.63. The first kappa shape index (κ1) is 20.5. The molecule has 2 N–H and O–H groups in total. The van der Waals surface area contributed by atoms with Crippen LogP contribution in [0.15, 0.2) is 24.3 Å². The highest BCUT2D eigenvalue weighted by molar-refractivity contribution is 5.84. The molecule has 0 aliphatic rings. The van der Waals surface area contributed by atoms with Crippen LogP contribution in [-0.2, 0) is 6.42 Å². The molecule has 3 rings (SSSR count). The third-order valence-corrected chi connectivity index (χ3v) is 4.22. The van der Waals surface area contributed by atoms with E-state index in [1.165, 1.54) is 0 Å². The highest BCUT2D eigenvalue weighted by atomic mass is 35.5. The molecule has 0 unspecified atom stereocenters. The van der Waals surface area contributed by atoms with Gasteiger partial charge < -0.3 is 36.1 Å². The van der Waals surface area contributed by atoms with Crippen molar-refractivity contribution < 1.29 is 41.1 Å². The van der Waals surface area contributed by atoms with E-state index in [9.17, 15) is 0 Å². The Bertz CT molecular complexity index is 926. The van der Waals surface area contributed by atoms with Gasteiger partial charge in [-0.05, 0) is 17.7 Å². The first-order valence-corrected chi connectivity index (χ1v) is 8.08. The van der Waals surface area contributed by atoms with Gasteiger partial charge >= 0.3 is 0 Å². The number of nitrogens with one attached hydrogen (secondary N) is 2. The molecule has 0 radical (unpaired) electrons. The number of benzene rings is 2. The average molecular weight is 395 g/mol. The lowest BCUT2D eigenvalue weighted by atomic mass is 10.1. The lowest BCUT2D eigenvalue weighted by molar-refractivity contribution is -0.357. The Morgan fingerprint density at radius 3 is 2.04 bits per heavy atom. The fourth-order valence-electron chi connectivity index (χ4n) is 3.01. The molecule has 27 heavy (non-hydrogen) atoms. The number of methoxy groups -OCH3 is 5. The molecule has 0 saturated carbocycles. The van der Waals surface area contributed by atoms with Crippen molar-refractivity contribution >= 4 is 11.0 Å². The number of ether oxygens (including phenoxy) is 5. The van der Waals surface area contributed by atoms with Gasteiger partial charge in [0, 0.05) is 6.07 Å². The van der Waals surface area contributed by atoms with Crippen LogP contribution >= 0.6 is 0 Å². The third kappa shape index (κ3) is 3.83. The first-order valence-electron chi connectivity index (χ1n) is 8.08. The Hall–Kier alpha value is -2.80. The van der Waals surface area contributed by atoms with Crippen LogP contribution in [-0.4, -0.2) is 40.5 Å². The van der Waals surface area contributed by atoms with Gasteiger partial charge in [-0.2, -0.15) is 0 Å². The monoisotopic (exact) mass is 394 g/mol. The highest BCUT2D eigenvalue weighted by Crippen LogP contribution is 2.41. The predicted octanol–water partition coefficient (Wildman–Crippen LogP) is -0.380. The molecule has 1 aromatic heterocycles. The van der Waals surface area contributed by atoms with Crippen LogP contribution in [0.5, 0.6) is 28.7 Å². The fourth-order valence-corrected chi connectivity index (χ4v) is 3.01. The van der Waals surface area contributed by atoms with Crippen LogP contribution in [0.3, 0.4) is 0 Å².